The zero-order valence-electron chi connectivity index (χ0n) is 8.26. The third-order valence-electron chi connectivity index (χ3n) is 2.30. The van der Waals surface area contributed by atoms with Crippen molar-refractivity contribution < 1.29 is 15.7 Å². The van der Waals surface area contributed by atoms with Crippen LogP contribution in [0.15, 0.2) is 24.3 Å². The second-order valence-electron chi connectivity index (χ2n) is 3.27. The van der Waals surface area contributed by atoms with Crippen LogP contribution in [0, 0.1) is 0 Å². The van der Waals surface area contributed by atoms with Crippen molar-refractivity contribution in [2.45, 2.75) is 6.42 Å². The van der Waals surface area contributed by atoms with Crippen molar-refractivity contribution in [1.29, 1.82) is 0 Å². The van der Waals surface area contributed by atoms with Gasteiger partial charge in [-0.25, -0.2) is 0 Å². The predicted octanol–water partition coefficient (Wildman–Crippen LogP) is -0.0273. The molecule has 15 heavy (non-hydrogen) atoms. The monoisotopic (exact) mass is 205 g/mol. The molecule has 5 heteroatoms. The number of nitrogens with zero attached hydrogens (tertiary/aromatic N) is 1. The first-order chi connectivity index (χ1) is 6.27. The van der Waals surface area contributed by atoms with Gasteiger partial charge in [0.1, 0.15) is 0 Å². The molecule has 1 aromatic rings. The van der Waals surface area contributed by atoms with Gasteiger partial charge in [0.15, 0.2) is 0 Å². The van der Waals surface area contributed by atoms with Crippen LogP contribution in [0.5, 0.6) is 0 Å². The molecule has 1 aliphatic heterocycles. The molecular formula is C10H12BNO3. The number of likely N-dealkylation sites (tertiary alicyclic amines) is 1. The summed E-state index contributed by atoms with van der Waals surface area (Å²) in [5.41, 5.74) is 1.43. The Bertz CT molecular complexity index is 322. The van der Waals surface area contributed by atoms with E-state index in [4.69, 9.17) is 7.85 Å². The molecule has 1 amide bonds. The number of hydrogen-bond donors (Lipinski definition) is 0. The fourth-order valence-electron chi connectivity index (χ4n) is 1.33. The van der Waals surface area contributed by atoms with E-state index in [1.807, 2.05) is 4.90 Å². The molecule has 0 unspecified atom stereocenters. The van der Waals surface area contributed by atoms with E-state index in [-0.39, 0.29) is 16.9 Å². The molecule has 0 radical (unpaired) electrons. The molecule has 1 saturated heterocycles. The molecule has 1 heterocycles. The molecule has 1 aromatic carbocycles. The summed E-state index contributed by atoms with van der Waals surface area (Å²) >= 11 is 0. The largest absolute Gasteiger partial charge is 0.870 e. The molecular weight excluding hydrogens is 193 g/mol. The fourth-order valence-corrected chi connectivity index (χ4v) is 1.33. The van der Waals surface area contributed by atoms with Crippen molar-refractivity contribution in [3.8, 4) is 0 Å². The number of amides is 1. The van der Waals surface area contributed by atoms with Gasteiger partial charge >= 0.3 is 78.2 Å². The van der Waals surface area contributed by atoms with E-state index in [9.17, 15) is 4.79 Å². The van der Waals surface area contributed by atoms with Gasteiger partial charge in [-0.2, -0.15) is 0 Å². The Balaban J connectivity index is 0.000000980. The summed E-state index contributed by atoms with van der Waals surface area (Å²) in [5.74, 6) is 0.117. The van der Waals surface area contributed by atoms with Crippen LogP contribution in [0.3, 0.4) is 0 Å². The third kappa shape index (κ3) is 2.81. The summed E-state index contributed by atoms with van der Waals surface area (Å²) in [6.45, 7) is 1.78. The quantitative estimate of drug-likeness (QED) is 0.603. The average Bonchev–Trinajstić information content (AvgIpc) is 2.02. The number of hydrogen-bond acceptors (Lipinski definition) is 3. The smallest absolute Gasteiger partial charge is 0.870 e. The van der Waals surface area contributed by atoms with Gasteiger partial charge in [-0.15, -0.1) is 0 Å². The molecule has 0 bridgehead atoms. The normalized spacial score (nSPS) is 13.3. The average molecular weight is 205 g/mol. The summed E-state index contributed by atoms with van der Waals surface area (Å²) in [6.07, 6.45) is 1.13. The summed E-state index contributed by atoms with van der Waals surface area (Å²) < 4.78 is 0. The van der Waals surface area contributed by atoms with E-state index in [0.29, 0.717) is 5.46 Å². The maximum absolute atomic E-state index is 11.6. The van der Waals surface area contributed by atoms with E-state index in [0.717, 1.165) is 25.1 Å². The van der Waals surface area contributed by atoms with E-state index in [1.165, 1.54) is 0 Å². The van der Waals surface area contributed by atoms with Crippen LogP contribution >= 0.6 is 0 Å². The van der Waals surface area contributed by atoms with E-state index < -0.39 is 0 Å². The first-order valence-corrected chi connectivity index (χ1v) is 4.42. The van der Waals surface area contributed by atoms with Crippen molar-refractivity contribution in [1.82, 2.24) is 4.90 Å². The number of carbonyl (C=O) groups is 1. The Labute approximate surface area is 89.9 Å². The molecule has 4 nitrogen and oxygen atoms in total. The van der Waals surface area contributed by atoms with Crippen LogP contribution in [0.4, 0.5) is 0 Å². The molecule has 78 valence electrons. The minimum absolute atomic E-state index is 0. The fraction of sp³-hybridized carbons (Fsp3) is 0.300. The topological polar surface area (TPSA) is 80.3 Å². The number of carbonyl (C=O) groups excluding carboxylic acids is 1. The van der Waals surface area contributed by atoms with Crippen molar-refractivity contribution in [2.24, 2.45) is 0 Å². The van der Waals surface area contributed by atoms with E-state index in [1.54, 1.807) is 24.3 Å². The molecule has 0 atom stereocenters. The summed E-state index contributed by atoms with van der Waals surface area (Å²) in [4.78, 5) is 13.5. The minimum Gasteiger partial charge on any atom is -0.870 e. The standard InChI is InChI=1S/C10H10BNO.2H2O/c11-9-4-2-8(3-5-9)10(13)12-6-1-7-12;;/h2-5H,1,6-7H2;2*1H2/q+2;;/p-2. The van der Waals surface area contributed by atoms with Gasteiger partial charge in [-0.05, 0) is 0 Å². The van der Waals surface area contributed by atoms with Gasteiger partial charge in [0.25, 0.3) is 0 Å². The molecule has 2 N–H and O–H groups in total. The van der Waals surface area contributed by atoms with Crippen molar-refractivity contribution in [2.75, 3.05) is 13.1 Å². The maximum Gasteiger partial charge on any atom is -0.870 e. The molecule has 0 aliphatic carbocycles. The molecule has 0 spiro atoms. The van der Waals surface area contributed by atoms with Crippen LogP contribution < -0.4 is 5.46 Å². The Morgan fingerprint density at radius 3 is 2.07 bits per heavy atom. The SMILES string of the molecule is [B+2]c1ccc(C(=O)N2CCC2)cc1.[OH-].[OH-]. The Kier molecular flexibility index (Phi) is 5.04. The van der Waals surface area contributed by atoms with Crippen molar-refractivity contribution in [3.05, 3.63) is 29.8 Å². The van der Waals surface area contributed by atoms with Gasteiger partial charge in [-0.3, -0.25) is 0 Å². The summed E-state index contributed by atoms with van der Waals surface area (Å²) in [6, 6.07) is 7.06. The van der Waals surface area contributed by atoms with Crippen LogP contribution in [0.2, 0.25) is 0 Å². The Morgan fingerprint density at radius 2 is 1.67 bits per heavy atom. The second kappa shape index (κ2) is 5.53. The molecule has 0 saturated carbocycles. The van der Waals surface area contributed by atoms with Crippen molar-refractivity contribution >= 4 is 19.2 Å². The molecule has 2 rings (SSSR count). The summed E-state index contributed by atoms with van der Waals surface area (Å²) in [7, 11) is 5.52. The second-order valence-corrected chi connectivity index (χ2v) is 3.27. The van der Waals surface area contributed by atoms with Gasteiger partial charge in [-0.1, -0.05) is 0 Å². The zero-order valence-corrected chi connectivity index (χ0v) is 8.26. The van der Waals surface area contributed by atoms with Gasteiger partial charge in [0, 0.05) is 0 Å². The van der Waals surface area contributed by atoms with Crippen molar-refractivity contribution in [3.63, 3.8) is 0 Å². The van der Waals surface area contributed by atoms with Crippen LogP contribution in [0.25, 0.3) is 0 Å². The Morgan fingerprint density at radius 1 is 1.13 bits per heavy atom. The van der Waals surface area contributed by atoms with Gasteiger partial charge in [0.2, 0.25) is 0 Å². The van der Waals surface area contributed by atoms with Gasteiger partial charge in [0.05, 0.1) is 0 Å². The molecule has 0 aromatic heterocycles. The zero-order chi connectivity index (χ0) is 9.26. The summed E-state index contributed by atoms with van der Waals surface area (Å²) in [5, 5.41) is 0. The first kappa shape index (κ1) is 13.7. The Hall–Kier alpha value is -1.33. The van der Waals surface area contributed by atoms with Gasteiger partial charge < -0.3 is 11.0 Å². The maximum atomic E-state index is 11.6. The number of rotatable bonds is 1. The third-order valence-corrected chi connectivity index (χ3v) is 2.30. The van der Waals surface area contributed by atoms with Crippen LogP contribution in [-0.2, 0) is 0 Å². The van der Waals surface area contributed by atoms with E-state index >= 15 is 0 Å². The minimum atomic E-state index is 0. The first-order valence-electron chi connectivity index (χ1n) is 4.42. The number of benzene rings is 1. The van der Waals surface area contributed by atoms with Crippen LogP contribution in [0.1, 0.15) is 16.8 Å². The molecule has 1 aliphatic rings. The predicted molar refractivity (Wildman–Crippen MR) is 56.2 cm³/mol. The molecule has 1 fully saturated rings. The van der Waals surface area contributed by atoms with E-state index in [2.05, 4.69) is 0 Å². The van der Waals surface area contributed by atoms with Crippen LogP contribution in [-0.4, -0.2) is 42.7 Å².